The van der Waals surface area contributed by atoms with Crippen LogP contribution in [0.5, 0.6) is 0 Å². The summed E-state index contributed by atoms with van der Waals surface area (Å²) in [6, 6.07) is 13.6. The summed E-state index contributed by atoms with van der Waals surface area (Å²) in [6.45, 7) is 1.89. The molecule has 0 bridgehead atoms. The van der Waals surface area contributed by atoms with Crippen molar-refractivity contribution < 1.29 is 13.9 Å². The van der Waals surface area contributed by atoms with Crippen LogP contribution in [0.25, 0.3) is 0 Å². The Morgan fingerprint density at radius 2 is 1.71 bits per heavy atom. The lowest BCUT2D eigenvalue weighted by Gasteiger charge is -2.16. The fourth-order valence-corrected chi connectivity index (χ4v) is 1.97. The molecule has 0 saturated carbocycles. The van der Waals surface area contributed by atoms with Gasteiger partial charge in [-0.25, -0.2) is 9.18 Å². The second-order valence-corrected chi connectivity index (χ2v) is 4.58. The van der Waals surface area contributed by atoms with Gasteiger partial charge in [0, 0.05) is 16.9 Å². The van der Waals surface area contributed by atoms with E-state index in [2.05, 4.69) is 15.4 Å². The SMILES string of the molecule is COC(=O)Nc1ccc(NC(C)c2ccccc2F)cc1. The van der Waals surface area contributed by atoms with Gasteiger partial charge < -0.3 is 10.1 Å². The number of ether oxygens (including phenoxy) is 1. The molecule has 1 amide bonds. The van der Waals surface area contributed by atoms with Gasteiger partial charge in [0.25, 0.3) is 0 Å². The monoisotopic (exact) mass is 288 g/mol. The van der Waals surface area contributed by atoms with Crippen molar-refractivity contribution in [3.8, 4) is 0 Å². The first-order valence-electron chi connectivity index (χ1n) is 6.56. The third-order valence-electron chi connectivity index (χ3n) is 3.07. The number of methoxy groups -OCH3 is 1. The van der Waals surface area contributed by atoms with Crippen molar-refractivity contribution in [3.05, 3.63) is 59.9 Å². The van der Waals surface area contributed by atoms with E-state index in [4.69, 9.17) is 0 Å². The van der Waals surface area contributed by atoms with E-state index < -0.39 is 6.09 Å². The smallest absolute Gasteiger partial charge is 0.411 e. The maximum absolute atomic E-state index is 13.7. The molecule has 0 aliphatic heterocycles. The Hall–Kier alpha value is -2.56. The summed E-state index contributed by atoms with van der Waals surface area (Å²) >= 11 is 0. The third kappa shape index (κ3) is 3.95. The first-order valence-corrected chi connectivity index (χ1v) is 6.56. The molecule has 4 nitrogen and oxygen atoms in total. The van der Waals surface area contributed by atoms with E-state index in [1.807, 2.05) is 19.1 Å². The highest BCUT2D eigenvalue weighted by Crippen LogP contribution is 2.22. The number of hydrogen-bond acceptors (Lipinski definition) is 3. The zero-order chi connectivity index (χ0) is 15.2. The molecule has 2 aromatic rings. The highest BCUT2D eigenvalue weighted by molar-refractivity contribution is 5.84. The molecule has 2 N–H and O–H groups in total. The van der Waals surface area contributed by atoms with Crippen molar-refractivity contribution >= 4 is 17.5 Å². The minimum atomic E-state index is -0.518. The molecule has 0 heterocycles. The van der Waals surface area contributed by atoms with Crippen molar-refractivity contribution in [1.82, 2.24) is 0 Å². The van der Waals surface area contributed by atoms with E-state index >= 15 is 0 Å². The molecule has 0 radical (unpaired) electrons. The quantitative estimate of drug-likeness (QED) is 0.887. The van der Waals surface area contributed by atoms with Crippen LogP contribution < -0.4 is 10.6 Å². The van der Waals surface area contributed by atoms with Gasteiger partial charge in [0.1, 0.15) is 5.82 Å². The fourth-order valence-electron chi connectivity index (χ4n) is 1.97. The molecule has 0 spiro atoms. The van der Waals surface area contributed by atoms with E-state index in [0.29, 0.717) is 11.3 Å². The zero-order valence-corrected chi connectivity index (χ0v) is 11.9. The molecule has 0 aliphatic carbocycles. The topological polar surface area (TPSA) is 50.4 Å². The highest BCUT2D eigenvalue weighted by atomic mass is 19.1. The average molecular weight is 288 g/mol. The predicted octanol–water partition coefficient (Wildman–Crippen LogP) is 4.18. The van der Waals surface area contributed by atoms with Gasteiger partial charge in [-0.15, -0.1) is 0 Å². The Morgan fingerprint density at radius 1 is 1.10 bits per heavy atom. The number of halogens is 1. The van der Waals surface area contributed by atoms with Crippen molar-refractivity contribution in [1.29, 1.82) is 0 Å². The Kier molecular flexibility index (Phi) is 4.77. The number of carbonyl (C=O) groups is 1. The zero-order valence-electron chi connectivity index (χ0n) is 11.9. The summed E-state index contributed by atoms with van der Waals surface area (Å²) in [7, 11) is 1.31. The molecule has 5 heteroatoms. The van der Waals surface area contributed by atoms with Gasteiger partial charge in [0.05, 0.1) is 13.2 Å². The van der Waals surface area contributed by atoms with E-state index in [9.17, 15) is 9.18 Å². The van der Waals surface area contributed by atoms with Crippen LogP contribution >= 0.6 is 0 Å². The molecule has 0 aromatic heterocycles. The Bertz CT molecular complexity index is 614. The van der Waals surface area contributed by atoms with Crippen LogP contribution in [0.15, 0.2) is 48.5 Å². The van der Waals surface area contributed by atoms with E-state index in [1.54, 1.807) is 30.3 Å². The van der Waals surface area contributed by atoms with Crippen LogP contribution in [0.3, 0.4) is 0 Å². The first-order chi connectivity index (χ1) is 10.1. The molecule has 1 unspecified atom stereocenters. The normalized spacial score (nSPS) is 11.6. The largest absolute Gasteiger partial charge is 0.453 e. The van der Waals surface area contributed by atoms with Gasteiger partial charge in [0.15, 0.2) is 0 Å². The van der Waals surface area contributed by atoms with E-state index in [0.717, 1.165) is 5.69 Å². The van der Waals surface area contributed by atoms with Gasteiger partial charge in [0.2, 0.25) is 0 Å². The molecule has 0 fully saturated rings. The van der Waals surface area contributed by atoms with Crippen LogP contribution in [-0.2, 0) is 4.74 Å². The van der Waals surface area contributed by atoms with Crippen LogP contribution in [0.1, 0.15) is 18.5 Å². The van der Waals surface area contributed by atoms with Gasteiger partial charge in [-0.2, -0.15) is 0 Å². The van der Waals surface area contributed by atoms with Crippen LogP contribution in [0, 0.1) is 5.82 Å². The molecule has 21 heavy (non-hydrogen) atoms. The lowest BCUT2D eigenvalue weighted by molar-refractivity contribution is 0.187. The number of carbonyl (C=O) groups excluding carboxylic acids is 1. The maximum Gasteiger partial charge on any atom is 0.411 e. The summed E-state index contributed by atoms with van der Waals surface area (Å²) < 4.78 is 18.2. The standard InChI is InChI=1S/C16H17FN2O2/c1-11(14-5-3-4-6-15(14)17)18-12-7-9-13(10-8-12)19-16(20)21-2/h3-11,18H,1-2H3,(H,19,20). The number of benzene rings is 2. The average Bonchev–Trinajstić information content (AvgIpc) is 2.49. The molecule has 0 aliphatic rings. The van der Waals surface area contributed by atoms with E-state index in [1.165, 1.54) is 13.2 Å². The van der Waals surface area contributed by atoms with Crippen LogP contribution in [-0.4, -0.2) is 13.2 Å². The lowest BCUT2D eigenvalue weighted by atomic mass is 10.1. The van der Waals surface area contributed by atoms with Crippen molar-refractivity contribution in [2.24, 2.45) is 0 Å². The highest BCUT2D eigenvalue weighted by Gasteiger charge is 2.10. The number of anilines is 2. The summed E-state index contributed by atoms with van der Waals surface area (Å²) in [5.74, 6) is -0.235. The van der Waals surface area contributed by atoms with Crippen molar-refractivity contribution in [3.63, 3.8) is 0 Å². The Labute approximate surface area is 122 Å². The molecule has 2 rings (SSSR count). The predicted molar refractivity (Wildman–Crippen MR) is 80.9 cm³/mol. The molecule has 1 atom stereocenters. The second kappa shape index (κ2) is 6.74. The number of rotatable bonds is 4. The molecular weight excluding hydrogens is 271 g/mol. The van der Waals surface area contributed by atoms with Gasteiger partial charge in [-0.1, -0.05) is 18.2 Å². The number of hydrogen-bond donors (Lipinski definition) is 2. The molecular formula is C16H17FN2O2. The number of amides is 1. The van der Waals surface area contributed by atoms with Crippen LogP contribution in [0.2, 0.25) is 0 Å². The van der Waals surface area contributed by atoms with Gasteiger partial charge >= 0.3 is 6.09 Å². The lowest BCUT2D eigenvalue weighted by Crippen LogP contribution is -2.11. The minimum absolute atomic E-state index is 0.161. The summed E-state index contributed by atoms with van der Waals surface area (Å²) in [4.78, 5) is 11.1. The minimum Gasteiger partial charge on any atom is -0.453 e. The molecule has 110 valence electrons. The first kappa shape index (κ1) is 14.8. The number of nitrogens with one attached hydrogen (secondary N) is 2. The Balaban J connectivity index is 2.03. The van der Waals surface area contributed by atoms with Gasteiger partial charge in [-0.3, -0.25) is 5.32 Å². The van der Waals surface area contributed by atoms with Crippen molar-refractivity contribution in [2.45, 2.75) is 13.0 Å². The summed E-state index contributed by atoms with van der Waals surface area (Å²) in [6.07, 6.45) is -0.518. The second-order valence-electron chi connectivity index (χ2n) is 4.58. The maximum atomic E-state index is 13.7. The fraction of sp³-hybridized carbons (Fsp3) is 0.188. The molecule has 0 saturated heterocycles. The van der Waals surface area contributed by atoms with E-state index in [-0.39, 0.29) is 11.9 Å². The van der Waals surface area contributed by atoms with Crippen molar-refractivity contribution in [2.75, 3.05) is 17.7 Å². The third-order valence-corrected chi connectivity index (χ3v) is 3.07. The molecule has 2 aromatic carbocycles. The van der Waals surface area contributed by atoms with Crippen LogP contribution in [0.4, 0.5) is 20.6 Å². The summed E-state index contributed by atoms with van der Waals surface area (Å²) in [5, 5.41) is 5.77. The summed E-state index contributed by atoms with van der Waals surface area (Å²) in [5.41, 5.74) is 2.07. The Morgan fingerprint density at radius 3 is 2.33 bits per heavy atom. The van der Waals surface area contributed by atoms with Gasteiger partial charge in [-0.05, 0) is 37.3 Å².